The van der Waals surface area contributed by atoms with Crippen LogP contribution in [0.15, 0.2) is 53.3 Å². The van der Waals surface area contributed by atoms with E-state index in [9.17, 15) is 4.79 Å². The van der Waals surface area contributed by atoms with Crippen LogP contribution >= 0.6 is 0 Å². The molecule has 0 aliphatic carbocycles. The molecule has 0 amide bonds. The van der Waals surface area contributed by atoms with Gasteiger partial charge in [0, 0.05) is 19.6 Å². The molecule has 1 N–H and O–H groups in total. The Morgan fingerprint density at radius 2 is 1.82 bits per heavy atom. The van der Waals surface area contributed by atoms with Gasteiger partial charge in [0.2, 0.25) is 5.95 Å². The number of hydrogen-bond donors (Lipinski definition) is 1. The van der Waals surface area contributed by atoms with Crippen molar-refractivity contribution in [3.8, 4) is 5.69 Å². The highest BCUT2D eigenvalue weighted by atomic mass is 16.5. The van der Waals surface area contributed by atoms with Crippen LogP contribution in [0.3, 0.4) is 0 Å². The molecule has 3 aromatic rings. The summed E-state index contributed by atoms with van der Waals surface area (Å²) in [7, 11) is 0. The third-order valence-electron chi connectivity index (χ3n) is 5.11. The molecule has 1 aromatic heterocycles. The lowest BCUT2D eigenvalue weighted by molar-refractivity contribution is 0.0378. The van der Waals surface area contributed by atoms with E-state index in [2.05, 4.69) is 10.2 Å². The van der Waals surface area contributed by atoms with E-state index in [-0.39, 0.29) is 5.56 Å². The van der Waals surface area contributed by atoms with E-state index in [4.69, 9.17) is 9.72 Å². The smallest absolute Gasteiger partial charge is 0.267 e. The lowest BCUT2D eigenvalue weighted by atomic mass is 10.2. The van der Waals surface area contributed by atoms with Gasteiger partial charge in [-0.05, 0) is 44.2 Å². The average molecular weight is 378 g/mol. The van der Waals surface area contributed by atoms with Gasteiger partial charge in [-0.3, -0.25) is 9.69 Å². The molecule has 0 radical (unpaired) electrons. The van der Waals surface area contributed by atoms with E-state index < -0.39 is 0 Å². The normalized spacial score (nSPS) is 15.0. The summed E-state index contributed by atoms with van der Waals surface area (Å²) < 4.78 is 7.07. The quantitative estimate of drug-likeness (QED) is 0.669. The van der Waals surface area contributed by atoms with Gasteiger partial charge in [-0.2, -0.15) is 0 Å². The van der Waals surface area contributed by atoms with Crippen LogP contribution in [0.5, 0.6) is 0 Å². The summed E-state index contributed by atoms with van der Waals surface area (Å²) in [6.45, 7) is 7.41. The van der Waals surface area contributed by atoms with Crippen LogP contribution in [-0.2, 0) is 4.74 Å². The topological polar surface area (TPSA) is 59.4 Å². The van der Waals surface area contributed by atoms with Crippen molar-refractivity contribution in [2.75, 3.05) is 44.7 Å². The van der Waals surface area contributed by atoms with E-state index in [0.29, 0.717) is 16.9 Å². The fourth-order valence-corrected chi connectivity index (χ4v) is 3.51. The molecule has 0 atom stereocenters. The van der Waals surface area contributed by atoms with Gasteiger partial charge >= 0.3 is 0 Å². The molecule has 0 bridgehead atoms. The molecule has 2 heterocycles. The molecule has 146 valence electrons. The van der Waals surface area contributed by atoms with E-state index >= 15 is 0 Å². The number of hydrogen-bond acceptors (Lipinski definition) is 5. The van der Waals surface area contributed by atoms with Gasteiger partial charge < -0.3 is 10.1 Å². The van der Waals surface area contributed by atoms with Crippen molar-refractivity contribution in [1.29, 1.82) is 0 Å². The maximum absolute atomic E-state index is 13.2. The number of rotatable bonds is 6. The third-order valence-corrected chi connectivity index (χ3v) is 5.11. The van der Waals surface area contributed by atoms with Gasteiger partial charge in [-0.25, -0.2) is 9.55 Å². The molecule has 2 aromatic carbocycles. The van der Waals surface area contributed by atoms with E-state index in [1.165, 1.54) is 0 Å². The highest BCUT2D eigenvalue weighted by Crippen LogP contribution is 2.17. The summed E-state index contributed by atoms with van der Waals surface area (Å²) in [6, 6.07) is 15.5. The minimum atomic E-state index is -0.0508. The van der Waals surface area contributed by atoms with Crippen LogP contribution < -0.4 is 10.9 Å². The summed E-state index contributed by atoms with van der Waals surface area (Å²) in [4.78, 5) is 20.3. The predicted molar refractivity (Wildman–Crippen MR) is 112 cm³/mol. The maximum Gasteiger partial charge on any atom is 0.267 e. The molecule has 6 nitrogen and oxygen atoms in total. The largest absolute Gasteiger partial charge is 0.379 e. The Balaban J connectivity index is 1.59. The molecule has 1 saturated heterocycles. The number of morpholine rings is 1. The number of anilines is 1. The Labute approximate surface area is 164 Å². The molecular formula is C22H26N4O2. The average Bonchev–Trinajstić information content (AvgIpc) is 2.73. The SMILES string of the molecule is Cc1ccc(-n2c(NCCCN3CCOCC3)nc3ccccc3c2=O)cc1. The van der Waals surface area contributed by atoms with Gasteiger partial charge in [0.15, 0.2) is 0 Å². The molecule has 0 saturated carbocycles. The van der Waals surface area contributed by atoms with Crippen molar-refractivity contribution in [3.05, 3.63) is 64.4 Å². The van der Waals surface area contributed by atoms with Gasteiger partial charge in [0.05, 0.1) is 29.8 Å². The van der Waals surface area contributed by atoms with Crippen molar-refractivity contribution < 1.29 is 4.74 Å². The minimum Gasteiger partial charge on any atom is -0.379 e. The third kappa shape index (κ3) is 4.08. The molecular weight excluding hydrogens is 352 g/mol. The number of benzene rings is 2. The molecule has 0 spiro atoms. The number of aromatic nitrogens is 2. The number of ether oxygens (including phenoxy) is 1. The minimum absolute atomic E-state index is 0.0508. The molecule has 6 heteroatoms. The lowest BCUT2D eigenvalue weighted by Crippen LogP contribution is -2.37. The Morgan fingerprint density at radius 3 is 2.61 bits per heavy atom. The van der Waals surface area contributed by atoms with Gasteiger partial charge in [0.25, 0.3) is 5.56 Å². The summed E-state index contributed by atoms with van der Waals surface area (Å²) in [5.41, 5.74) is 2.65. The second-order valence-electron chi connectivity index (χ2n) is 7.16. The Bertz CT molecular complexity index is 992. The summed E-state index contributed by atoms with van der Waals surface area (Å²) >= 11 is 0. The first-order chi connectivity index (χ1) is 13.7. The molecule has 1 aliphatic rings. The predicted octanol–water partition coefficient (Wildman–Crippen LogP) is 2.83. The number of aryl methyl sites for hydroxylation is 1. The standard InChI is InChI=1S/C22H26N4O2/c1-17-7-9-18(10-8-17)26-21(27)19-5-2-3-6-20(19)24-22(26)23-11-4-12-25-13-15-28-16-14-25/h2-3,5-10H,4,11-16H2,1H3,(H,23,24). The lowest BCUT2D eigenvalue weighted by Gasteiger charge is -2.26. The molecule has 1 fully saturated rings. The second kappa shape index (κ2) is 8.54. The number of nitrogens with zero attached hydrogens (tertiary/aromatic N) is 3. The molecule has 0 unspecified atom stereocenters. The van der Waals surface area contributed by atoms with Gasteiger partial charge in [-0.1, -0.05) is 29.8 Å². The first kappa shape index (κ1) is 18.7. The van der Waals surface area contributed by atoms with Crippen LogP contribution in [0.4, 0.5) is 5.95 Å². The Morgan fingerprint density at radius 1 is 1.07 bits per heavy atom. The van der Waals surface area contributed by atoms with Crippen LogP contribution in [0.1, 0.15) is 12.0 Å². The van der Waals surface area contributed by atoms with E-state index in [0.717, 1.165) is 57.1 Å². The highest BCUT2D eigenvalue weighted by Gasteiger charge is 2.13. The van der Waals surface area contributed by atoms with Crippen molar-refractivity contribution in [3.63, 3.8) is 0 Å². The summed E-state index contributed by atoms with van der Waals surface area (Å²) in [6.07, 6.45) is 0.983. The van der Waals surface area contributed by atoms with E-state index in [1.54, 1.807) is 4.57 Å². The summed E-state index contributed by atoms with van der Waals surface area (Å²) in [5.74, 6) is 0.592. The Hall–Kier alpha value is -2.70. The number of fused-ring (bicyclic) bond motifs is 1. The van der Waals surface area contributed by atoms with Crippen LogP contribution in [-0.4, -0.2) is 53.8 Å². The molecule has 1 aliphatic heterocycles. The van der Waals surface area contributed by atoms with Crippen LogP contribution in [0.2, 0.25) is 0 Å². The zero-order valence-electron chi connectivity index (χ0n) is 16.2. The number of para-hydroxylation sites is 1. The first-order valence-electron chi connectivity index (χ1n) is 9.85. The highest BCUT2D eigenvalue weighted by molar-refractivity contribution is 5.79. The van der Waals surface area contributed by atoms with Crippen molar-refractivity contribution in [2.24, 2.45) is 0 Å². The van der Waals surface area contributed by atoms with Crippen LogP contribution in [0, 0.1) is 6.92 Å². The monoisotopic (exact) mass is 378 g/mol. The zero-order chi connectivity index (χ0) is 19.3. The van der Waals surface area contributed by atoms with Crippen LogP contribution in [0.25, 0.3) is 16.6 Å². The van der Waals surface area contributed by atoms with E-state index in [1.807, 2.05) is 55.5 Å². The first-order valence-corrected chi connectivity index (χ1v) is 9.85. The fraction of sp³-hybridized carbons (Fsp3) is 0.364. The number of nitrogens with one attached hydrogen (secondary N) is 1. The molecule has 28 heavy (non-hydrogen) atoms. The Kier molecular flexibility index (Phi) is 5.69. The summed E-state index contributed by atoms with van der Waals surface area (Å²) in [5, 5.41) is 4.02. The second-order valence-corrected chi connectivity index (χ2v) is 7.16. The van der Waals surface area contributed by atoms with Crippen molar-refractivity contribution in [1.82, 2.24) is 14.5 Å². The zero-order valence-corrected chi connectivity index (χ0v) is 16.2. The van der Waals surface area contributed by atoms with Gasteiger partial charge in [0.1, 0.15) is 0 Å². The van der Waals surface area contributed by atoms with Crippen molar-refractivity contribution >= 4 is 16.9 Å². The molecule has 4 rings (SSSR count). The fourth-order valence-electron chi connectivity index (χ4n) is 3.51. The van der Waals surface area contributed by atoms with Crippen molar-refractivity contribution in [2.45, 2.75) is 13.3 Å². The van der Waals surface area contributed by atoms with Gasteiger partial charge in [-0.15, -0.1) is 0 Å². The maximum atomic E-state index is 13.2.